The van der Waals surface area contributed by atoms with E-state index in [1.54, 1.807) is 0 Å². The van der Waals surface area contributed by atoms with Crippen molar-refractivity contribution in [2.45, 2.75) is 45.1 Å². The average molecular weight is 191 g/mol. The number of hydrogen-bond acceptors (Lipinski definition) is 1. The molecule has 0 aliphatic heterocycles. The maximum atomic E-state index is 6.19. The quantitative estimate of drug-likeness (QED) is 0.777. The van der Waals surface area contributed by atoms with Gasteiger partial charge in [-0.15, -0.1) is 0 Å². The fourth-order valence-electron chi connectivity index (χ4n) is 1.75. The fraction of sp³-hybridized carbons (Fsp3) is 0.538. The van der Waals surface area contributed by atoms with Gasteiger partial charge in [0.1, 0.15) is 0 Å². The second kappa shape index (κ2) is 4.61. The maximum Gasteiger partial charge on any atom is 0.0131 e. The predicted octanol–water partition coefficient (Wildman–Crippen LogP) is 3.09. The van der Waals surface area contributed by atoms with Crippen LogP contribution in [0.5, 0.6) is 0 Å². The molecule has 1 rings (SSSR count). The SMILES string of the molecule is CCC[C@H](N)C(C)(C)c1ccccc1. The zero-order chi connectivity index (χ0) is 10.6. The van der Waals surface area contributed by atoms with Gasteiger partial charge in [-0.2, -0.15) is 0 Å². The highest BCUT2D eigenvalue weighted by Crippen LogP contribution is 2.27. The van der Waals surface area contributed by atoms with Gasteiger partial charge in [-0.05, 0) is 12.0 Å². The zero-order valence-corrected chi connectivity index (χ0v) is 9.46. The molecule has 0 saturated carbocycles. The van der Waals surface area contributed by atoms with Gasteiger partial charge in [0.2, 0.25) is 0 Å². The van der Waals surface area contributed by atoms with Crippen molar-refractivity contribution in [1.29, 1.82) is 0 Å². The van der Waals surface area contributed by atoms with E-state index in [0.717, 1.165) is 12.8 Å². The van der Waals surface area contributed by atoms with Crippen molar-refractivity contribution in [3.63, 3.8) is 0 Å². The molecule has 0 aliphatic rings. The number of hydrogen-bond donors (Lipinski definition) is 1. The van der Waals surface area contributed by atoms with Crippen LogP contribution in [0.15, 0.2) is 30.3 Å². The van der Waals surface area contributed by atoms with Crippen LogP contribution in [0.25, 0.3) is 0 Å². The van der Waals surface area contributed by atoms with Crippen molar-refractivity contribution in [1.82, 2.24) is 0 Å². The Morgan fingerprint density at radius 3 is 2.29 bits per heavy atom. The summed E-state index contributed by atoms with van der Waals surface area (Å²) in [6.07, 6.45) is 2.24. The Kier molecular flexibility index (Phi) is 3.70. The molecule has 1 heteroatoms. The van der Waals surface area contributed by atoms with Crippen molar-refractivity contribution < 1.29 is 0 Å². The summed E-state index contributed by atoms with van der Waals surface area (Å²) < 4.78 is 0. The molecule has 0 spiro atoms. The summed E-state index contributed by atoms with van der Waals surface area (Å²) in [6.45, 7) is 6.63. The molecule has 1 aromatic carbocycles. The van der Waals surface area contributed by atoms with Gasteiger partial charge in [0, 0.05) is 11.5 Å². The van der Waals surface area contributed by atoms with Crippen LogP contribution in [0, 0.1) is 0 Å². The first-order valence-electron chi connectivity index (χ1n) is 5.40. The van der Waals surface area contributed by atoms with E-state index in [1.807, 2.05) is 6.07 Å². The molecule has 0 aromatic heterocycles. The van der Waals surface area contributed by atoms with Gasteiger partial charge < -0.3 is 5.73 Å². The number of nitrogens with two attached hydrogens (primary N) is 1. The Balaban J connectivity index is 2.84. The smallest absolute Gasteiger partial charge is 0.0131 e. The van der Waals surface area contributed by atoms with Crippen LogP contribution in [-0.4, -0.2) is 6.04 Å². The minimum absolute atomic E-state index is 0.0806. The minimum atomic E-state index is 0.0806. The summed E-state index contributed by atoms with van der Waals surface area (Å²) in [4.78, 5) is 0. The van der Waals surface area contributed by atoms with Crippen LogP contribution in [0.3, 0.4) is 0 Å². The van der Waals surface area contributed by atoms with Crippen LogP contribution in [0.2, 0.25) is 0 Å². The second-order valence-corrected chi connectivity index (χ2v) is 4.48. The Hall–Kier alpha value is -0.820. The maximum absolute atomic E-state index is 6.19. The molecular weight excluding hydrogens is 170 g/mol. The van der Waals surface area contributed by atoms with Crippen molar-refractivity contribution in [3.05, 3.63) is 35.9 Å². The molecule has 0 fully saturated rings. The van der Waals surface area contributed by atoms with E-state index in [-0.39, 0.29) is 11.5 Å². The lowest BCUT2D eigenvalue weighted by Crippen LogP contribution is -2.40. The van der Waals surface area contributed by atoms with Crippen molar-refractivity contribution in [2.75, 3.05) is 0 Å². The first kappa shape index (κ1) is 11.3. The number of benzene rings is 1. The lowest BCUT2D eigenvalue weighted by atomic mass is 9.76. The third kappa shape index (κ3) is 2.36. The van der Waals surface area contributed by atoms with Crippen LogP contribution < -0.4 is 5.73 Å². The molecule has 0 radical (unpaired) electrons. The van der Waals surface area contributed by atoms with Gasteiger partial charge in [0.05, 0.1) is 0 Å². The topological polar surface area (TPSA) is 26.0 Å². The molecular formula is C13H21N. The van der Waals surface area contributed by atoms with Crippen LogP contribution in [0.1, 0.15) is 39.2 Å². The van der Waals surface area contributed by atoms with Gasteiger partial charge >= 0.3 is 0 Å². The van der Waals surface area contributed by atoms with Gasteiger partial charge in [-0.3, -0.25) is 0 Å². The predicted molar refractivity (Wildman–Crippen MR) is 62.4 cm³/mol. The molecule has 0 bridgehead atoms. The Morgan fingerprint density at radius 2 is 1.79 bits per heavy atom. The van der Waals surface area contributed by atoms with Crippen molar-refractivity contribution in [3.8, 4) is 0 Å². The summed E-state index contributed by atoms with van der Waals surface area (Å²) in [7, 11) is 0. The van der Waals surface area contributed by atoms with Crippen LogP contribution in [0.4, 0.5) is 0 Å². The molecule has 0 saturated heterocycles. The van der Waals surface area contributed by atoms with E-state index < -0.39 is 0 Å². The fourth-order valence-corrected chi connectivity index (χ4v) is 1.75. The Morgan fingerprint density at radius 1 is 1.21 bits per heavy atom. The van der Waals surface area contributed by atoms with Crippen LogP contribution in [-0.2, 0) is 5.41 Å². The molecule has 0 aliphatic carbocycles. The van der Waals surface area contributed by atoms with Gasteiger partial charge in [-0.1, -0.05) is 57.5 Å². The van der Waals surface area contributed by atoms with Gasteiger partial charge in [0.15, 0.2) is 0 Å². The third-order valence-corrected chi connectivity index (χ3v) is 3.04. The van der Waals surface area contributed by atoms with Crippen molar-refractivity contribution >= 4 is 0 Å². The van der Waals surface area contributed by atoms with Crippen molar-refractivity contribution in [2.24, 2.45) is 5.73 Å². The van der Waals surface area contributed by atoms with E-state index >= 15 is 0 Å². The first-order chi connectivity index (χ1) is 6.59. The molecule has 0 unspecified atom stereocenters. The molecule has 0 heterocycles. The molecule has 1 nitrogen and oxygen atoms in total. The average Bonchev–Trinajstić information content (AvgIpc) is 2.19. The largest absolute Gasteiger partial charge is 0.327 e. The Bertz CT molecular complexity index is 264. The standard InChI is InChI=1S/C13H21N/c1-4-8-12(14)13(2,3)11-9-6-5-7-10-11/h5-7,9-10,12H,4,8,14H2,1-3H3/t12-/m0/s1. The molecule has 1 atom stereocenters. The summed E-state index contributed by atoms with van der Waals surface area (Å²) in [5.74, 6) is 0. The van der Waals surface area contributed by atoms with E-state index in [0.29, 0.717) is 0 Å². The molecule has 1 aromatic rings. The van der Waals surface area contributed by atoms with Crippen LogP contribution >= 0.6 is 0 Å². The Labute approximate surface area is 87.3 Å². The molecule has 14 heavy (non-hydrogen) atoms. The summed E-state index contributed by atoms with van der Waals surface area (Å²) in [5, 5.41) is 0. The third-order valence-electron chi connectivity index (χ3n) is 3.04. The highest BCUT2D eigenvalue weighted by molar-refractivity contribution is 5.25. The highest BCUT2D eigenvalue weighted by Gasteiger charge is 2.27. The zero-order valence-electron chi connectivity index (χ0n) is 9.46. The molecule has 2 N–H and O–H groups in total. The lowest BCUT2D eigenvalue weighted by Gasteiger charge is -2.32. The molecule has 78 valence electrons. The first-order valence-corrected chi connectivity index (χ1v) is 5.40. The van der Waals surface area contributed by atoms with Gasteiger partial charge in [0.25, 0.3) is 0 Å². The van der Waals surface area contributed by atoms with E-state index in [1.165, 1.54) is 5.56 Å². The summed E-state index contributed by atoms with van der Waals surface area (Å²) in [5.41, 5.74) is 7.61. The monoisotopic (exact) mass is 191 g/mol. The highest BCUT2D eigenvalue weighted by atomic mass is 14.7. The summed E-state index contributed by atoms with van der Waals surface area (Å²) in [6, 6.07) is 10.8. The molecule has 0 amide bonds. The van der Waals surface area contributed by atoms with E-state index in [4.69, 9.17) is 5.73 Å². The normalized spacial score (nSPS) is 14.0. The van der Waals surface area contributed by atoms with Gasteiger partial charge in [-0.25, -0.2) is 0 Å². The van der Waals surface area contributed by atoms with E-state index in [9.17, 15) is 0 Å². The lowest BCUT2D eigenvalue weighted by molar-refractivity contribution is 0.386. The van der Waals surface area contributed by atoms with E-state index in [2.05, 4.69) is 45.0 Å². The minimum Gasteiger partial charge on any atom is -0.327 e. The summed E-state index contributed by atoms with van der Waals surface area (Å²) >= 11 is 0. The number of rotatable bonds is 4. The second-order valence-electron chi connectivity index (χ2n) is 4.48.